The van der Waals surface area contributed by atoms with Crippen LogP contribution in [0.4, 0.5) is 0 Å². The van der Waals surface area contributed by atoms with Crippen molar-refractivity contribution < 1.29 is 24.1 Å². The number of amides is 1. The van der Waals surface area contributed by atoms with Gasteiger partial charge in [-0.1, -0.05) is 0 Å². The first-order valence-electron chi connectivity index (χ1n) is 8.86. The summed E-state index contributed by atoms with van der Waals surface area (Å²) in [5.41, 5.74) is 1.88. The molecule has 2 atom stereocenters. The third-order valence-electron chi connectivity index (χ3n) is 4.75. The molecule has 0 saturated carbocycles. The lowest BCUT2D eigenvalue weighted by Crippen LogP contribution is -2.44. The number of β-amino-alcohol motifs (C(OH)–C–C–N with tert-alkyl or cyclic N) is 1. The quantitative estimate of drug-likeness (QED) is 0.854. The van der Waals surface area contributed by atoms with Gasteiger partial charge >= 0.3 is 0 Å². The first kappa shape index (κ1) is 19.5. The zero-order chi connectivity index (χ0) is 20.3. The van der Waals surface area contributed by atoms with Crippen LogP contribution in [0.3, 0.4) is 0 Å². The summed E-state index contributed by atoms with van der Waals surface area (Å²) in [4.78, 5) is 14.4. The van der Waals surface area contributed by atoms with Crippen molar-refractivity contribution in [2.75, 3.05) is 20.8 Å². The van der Waals surface area contributed by atoms with Crippen LogP contribution in [0.25, 0.3) is 0 Å². The van der Waals surface area contributed by atoms with Crippen LogP contribution in [0.5, 0.6) is 17.2 Å². The molecule has 146 valence electrons. The molecule has 1 aliphatic heterocycles. The number of nitrogens with zero attached hydrogens (tertiary/aromatic N) is 2. The number of hydrogen-bond donors (Lipinski definition) is 1. The number of carbonyl (C=O) groups excluding carboxylic acids is 1. The van der Waals surface area contributed by atoms with Gasteiger partial charge in [-0.15, -0.1) is 0 Å². The van der Waals surface area contributed by atoms with Gasteiger partial charge < -0.3 is 24.2 Å². The molecule has 0 aliphatic carbocycles. The minimum Gasteiger partial charge on any atom is -0.496 e. The van der Waals surface area contributed by atoms with Crippen LogP contribution < -0.4 is 14.2 Å². The SMILES string of the molecule is COc1ccc(OC)c2c1CN(C(=O)[C@H](C)Oc1ccc(C#N)cc1)C[C@@H]2O. The molecule has 1 heterocycles. The number of rotatable bonds is 5. The van der Waals surface area contributed by atoms with E-state index in [0.29, 0.717) is 28.4 Å². The van der Waals surface area contributed by atoms with Crippen molar-refractivity contribution in [3.8, 4) is 23.3 Å². The largest absolute Gasteiger partial charge is 0.496 e. The van der Waals surface area contributed by atoms with E-state index >= 15 is 0 Å². The van der Waals surface area contributed by atoms with Crippen molar-refractivity contribution in [1.29, 1.82) is 5.26 Å². The molecule has 0 aromatic heterocycles. The minimum absolute atomic E-state index is 0.135. The molecule has 1 amide bonds. The monoisotopic (exact) mass is 382 g/mol. The fourth-order valence-electron chi connectivity index (χ4n) is 3.36. The van der Waals surface area contributed by atoms with Crippen LogP contribution in [0.1, 0.15) is 29.7 Å². The zero-order valence-corrected chi connectivity index (χ0v) is 16.0. The summed E-state index contributed by atoms with van der Waals surface area (Å²) in [5, 5.41) is 19.5. The van der Waals surface area contributed by atoms with E-state index in [-0.39, 0.29) is 19.0 Å². The van der Waals surface area contributed by atoms with E-state index in [9.17, 15) is 9.90 Å². The van der Waals surface area contributed by atoms with Crippen molar-refractivity contribution in [2.45, 2.75) is 25.7 Å². The molecule has 0 saturated heterocycles. The summed E-state index contributed by atoms with van der Waals surface area (Å²) in [6, 6.07) is 12.1. The standard InChI is InChI=1S/C21H22N2O5/c1-13(28-15-6-4-14(10-22)5-7-15)21(25)23-11-16-18(26-2)8-9-19(27-3)20(16)17(24)12-23/h4-9,13,17,24H,11-12H2,1-3H3/t13-,17-/m0/s1. The third kappa shape index (κ3) is 3.73. The summed E-state index contributed by atoms with van der Waals surface area (Å²) in [6.45, 7) is 2.08. The van der Waals surface area contributed by atoms with Gasteiger partial charge in [0.2, 0.25) is 0 Å². The smallest absolute Gasteiger partial charge is 0.263 e. The molecule has 0 fully saturated rings. The van der Waals surface area contributed by atoms with E-state index in [1.807, 2.05) is 6.07 Å². The van der Waals surface area contributed by atoms with E-state index in [0.717, 1.165) is 5.56 Å². The molecule has 0 bridgehead atoms. The van der Waals surface area contributed by atoms with Gasteiger partial charge in [-0.05, 0) is 43.3 Å². The molecule has 0 spiro atoms. The predicted molar refractivity (Wildman–Crippen MR) is 101 cm³/mol. The number of ether oxygens (including phenoxy) is 3. The van der Waals surface area contributed by atoms with E-state index in [4.69, 9.17) is 19.5 Å². The molecular formula is C21H22N2O5. The van der Waals surface area contributed by atoms with Gasteiger partial charge in [0.1, 0.15) is 23.4 Å². The second-order valence-electron chi connectivity index (χ2n) is 6.49. The topological polar surface area (TPSA) is 92.0 Å². The van der Waals surface area contributed by atoms with Crippen LogP contribution in [-0.4, -0.2) is 42.8 Å². The van der Waals surface area contributed by atoms with Crippen LogP contribution in [0, 0.1) is 11.3 Å². The highest BCUT2D eigenvalue weighted by atomic mass is 16.5. The Hall–Kier alpha value is -3.24. The molecule has 7 nitrogen and oxygen atoms in total. The van der Waals surface area contributed by atoms with Gasteiger partial charge in [0.15, 0.2) is 6.10 Å². The number of benzene rings is 2. The Morgan fingerprint density at radius 1 is 1.18 bits per heavy atom. The highest BCUT2D eigenvalue weighted by Crippen LogP contribution is 2.39. The van der Waals surface area contributed by atoms with Crippen molar-refractivity contribution >= 4 is 5.91 Å². The summed E-state index contributed by atoms with van der Waals surface area (Å²) < 4.78 is 16.5. The van der Waals surface area contributed by atoms with Crippen molar-refractivity contribution in [2.24, 2.45) is 0 Å². The van der Waals surface area contributed by atoms with E-state index in [1.165, 1.54) is 0 Å². The lowest BCUT2D eigenvalue weighted by atomic mass is 9.95. The van der Waals surface area contributed by atoms with Gasteiger partial charge in [-0.3, -0.25) is 4.79 Å². The average molecular weight is 382 g/mol. The Kier molecular flexibility index (Phi) is 5.71. The number of nitriles is 1. The predicted octanol–water partition coefficient (Wildman–Crippen LogP) is 2.42. The lowest BCUT2D eigenvalue weighted by Gasteiger charge is -2.35. The summed E-state index contributed by atoms with van der Waals surface area (Å²) in [6.07, 6.45) is -1.64. The van der Waals surface area contributed by atoms with Crippen molar-refractivity contribution in [3.63, 3.8) is 0 Å². The molecule has 1 aliphatic rings. The molecule has 28 heavy (non-hydrogen) atoms. The Balaban J connectivity index is 1.79. The van der Waals surface area contributed by atoms with Crippen molar-refractivity contribution in [1.82, 2.24) is 4.90 Å². The Bertz CT molecular complexity index is 904. The molecule has 2 aromatic rings. The second kappa shape index (κ2) is 8.19. The van der Waals surface area contributed by atoms with Gasteiger partial charge in [-0.2, -0.15) is 5.26 Å². The molecule has 7 heteroatoms. The van der Waals surface area contributed by atoms with Crippen LogP contribution in [-0.2, 0) is 11.3 Å². The maximum atomic E-state index is 12.9. The molecular weight excluding hydrogens is 360 g/mol. The third-order valence-corrected chi connectivity index (χ3v) is 4.75. The number of carbonyl (C=O) groups is 1. The first-order valence-corrected chi connectivity index (χ1v) is 8.86. The van der Waals surface area contributed by atoms with Crippen LogP contribution >= 0.6 is 0 Å². The van der Waals surface area contributed by atoms with Crippen LogP contribution in [0.2, 0.25) is 0 Å². The minimum atomic E-state index is -0.889. The fraction of sp³-hybridized carbons (Fsp3) is 0.333. The van der Waals surface area contributed by atoms with Crippen molar-refractivity contribution in [3.05, 3.63) is 53.1 Å². The summed E-state index contributed by atoms with van der Waals surface area (Å²) in [7, 11) is 3.09. The zero-order valence-electron chi connectivity index (χ0n) is 16.0. The van der Waals surface area contributed by atoms with Gasteiger partial charge in [-0.25, -0.2) is 0 Å². The van der Waals surface area contributed by atoms with E-state index in [2.05, 4.69) is 0 Å². The maximum absolute atomic E-state index is 12.9. The normalized spacial score (nSPS) is 16.5. The Morgan fingerprint density at radius 3 is 2.43 bits per heavy atom. The Labute approximate surface area is 163 Å². The highest BCUT2D eigenvalue weighted by molar-refractivity contribution is 5.81. The molecule has 3 rings (SSSR count). The molecule has 0 unspecified atom stereocenters. The van der Waals surface area contributed by atoms with Gasteiger partial charge in [0, 0.05) is 11.1 Å². The van der Waals surface area contributed by atoms with E-state index in [1.54, 1.807) is 62.4 Å². The van der Waals surface area contributed by atoms with E-state index < -0.39 is 12.2 Å². The summed E-state index contributed by atoms with van der Waals surface area (Å²) >= 11 is 0. The summed E-state index contributed by atoms with van der Waals surface area (Å²) in [5.74, 6) is 1.40. The first-order chi connectivity index (χ1) is 13.5. The van der Waals surface area contributed by atoms with Crippen LogP contribution in [0.15, 0.2) is 36.4 Å². The van der Waals surface area contributed by atoms with Gasteiger partial charge in [0.25, 0.3) is 5.91 Å². The molecule has 1 N–H and O–H groups in total. The number of methoxy groups -OCH3 is 2. The highest BCUT2D eigenvalue weighted by Gasteiger charge is 2.34. The number of fused-ring (bicyclic) bond motifs is 1. The number of aliphatic hydroxyl groups is 1. The fourth-order valence-corrected chi connectivity index (χ4v) is 3.36. The molecule has 2 aromatic carbocycles. The average Bonchev–Trinajstić information content (AvgIpc) is 2.72. The number of aliphatic hydroxyl groups excluding tert-OH is 1. The Morgan fingerprint density at radius 2 is 1.82 bits per heavy atom. The van der Waals surface area contributed by atoms with Gasteiger partial charge in [0.05, 0.1) is 38.9 Å². The molecule has 0 radical (unpaired) electrons. The maximum Gasteiger partial charge on any atom is 0.263 e. The second-order valence-corrected chi connectivity index (χ2v) is 6.49. The number of hydrogen-bond acceptors (Lipinski definition) is 6. The lowest BCUT2D eigenvalue weighted by molar-refractivity contribution is -0.140.